The van der Waals surface area contributed by atoms with Crippen molar-refractivity contribution in [2.75, 3.05) is 26.2 Å². The molecule has 1 unspecified atom stereocenters. The standard InChI is InChI=1S/C13H19FN2/c1-11-8-15-6-7-16(9-11)10-12-4-2-3-5-13(12)14/h2-5,11,15H,6-10H2,1H3. The molecule has 16 heavy (non-hydrogen) atoms. The molecule has 1 fully saturated rings. The van der Waals surface area contributed by atoms with E-state index in [4.69, 9.17) is 0 Å². The Hall–Kier alpha value is -0.930. The van der Waals surface area contributed by atoms with Gasteiger partial charge in [0.2, 0.25) is 0 Å². The number of hydrogen-bond donors (Lipinski definition) is 1. The van der Waals surface area contributed by atoms with Crippen LogP contribution >= 0.6 is 0 Å². The van der Waals surface area contributed by atoms with Crippen molar-refractivity contribution in [3.8, 4) is 0 Å². The summed E-state index contributed by atoms with van der Waals surface area (Å²) in [7, 11) is 0. The third-order valence-corrected chi connectivity index (χ3v) is 3.02. The van der Waals surface area contributed by atoms with Crippen LogP contribution in [0.25, 0.3) is 0 Å². The van der Waals surface area contributed by atoms with Crippen LogP contribution in [0.15, 0.2) is 24.3 Å². The van der Waals surface area contributed by atoms with Gasteiger partial charge in [0.15, 0.2) is 0 Å². The zero-order valence-electron chi connectivity index (χ0n) is 9.75. The molecule has 2 nitrogen and oxygen atoms in total. The predicted octanol–water partition coefficient (Wildman–Crippen LogP) is 1.87. The van der Waals surface area contributed by atoms with Gasteiger partial charge in [0, 0.05) is 31.7 Å². The second-order valence-corrected chi connectivity index (χ2v) is 4.64. The van der Waals surface area contributed by atoms with Crippen molar-refractivity contribution >= 4 is 0 Å². The monoisotopic (exact) mass is 222 g/mol. The third kappa shape index (κ3) is 3.03. The highest BCUT2D eigenvalue weighted by Crippen LogP contribution is 2.12. The van der Waals surface area contributed by atoms with Crippen LogP contribution in [-0.2, 0) is 6.54 Å². The molecule has 1 aliphatic heterocycles. The zero-order chi connectivity index (χ0) is 11.4. The fourth-order valence-corrected chi connectivity index (χ4v) is 2.19. The molecule has 0 aromatic heterocycles. The van der Waals surface area contributed by atoms with Crippen LogP contribution in [0.5, 0.6) is 0 Å². The Bertz CT molecular complexity index is 340. The van der Waals surface area contributed by atoms with Crippen LogP contribution in [0.1, 0.15) is 12.5 Å². The van der Waals surface area contributed by atoms with Crippen molar-refractivity contribution in [2.45, 2.75) is 13.5 Å². The van der Waals surface area contributed by atoms with E-state index in [9.17, 15) is 4.39 Å². The summed E-state index contributed by atoms with van der Waals surface area (Å²) in [6.07, 6.45) is 0. The maximum Gasteiger partial charge on any atom is 0.127 e. The molecule has 0 spiro atoms. The molecule has 0 radical (unpaired) electrons. The lowest BCUT2D eigenvalue weighted by atomic mass is 10.1. The van der Waals surface area contributed by atoms with E-state index in [0.29, 0.717) is 5.92 Å². The highest BCUT2D eigenvalue weighted by atomic mass is 19.1. The minimum absolute atomic E-state index is 0.0904. The van der Waals surface area contributed by atoms with Gasteiger partial charge in [-0.3, -0.25) is 4.90 Å². The van der Waals surface area contributed by atoms with Gasteiger partial charge in [-0.1, -0.05) is 25.1 Å². The number of hydrogen-bond acceptors (Lipinski definition) is 2. The van der Waals surface area contributed by atoms with Gasteiger partial charge in [-0.25, -0.2) is 4.39 Å². The molecule has 1 aromatic carbocycles. The van der Waals surface area contributed by atoms with E-state index < -0.39 is 0 Å². The number of halogens is 1. The van der Waals surface area contributed by atoms with Gasteiger partial charge < -0.3 is 5.32 Å². The normalized spacial score (nSPS) is 23.0. The Morgan fingerprint density at radius 1 is 1.44 bits per heavy atom. The maximum atomic E-state index is 13.5. The molecule has 0 saturated carbocycles. The van der Waals surface area contributed by atoms with Gasteiger partial charge in [0.05, 0.1) is 0 Å². The highest BCUT2D eigenvalue weighted by molar-refractivity contribution is 5.17. The molecule has 1 saturated heterocycles. The number of nitrogens with zero attached hydrogens (tertiary/aromatic N) is 1. The summed E-state index contributed by atoms with van der Waals surface area (Å²) >= 11 is 0. The van der Waals surface area contributed by atoms with Crippen molar-refractivity contribution in [3.05, 3.63) is 35.6 Å². The highest BCUT2D eigenvalue weighted by Gasteiger charge is 2.15. The molecule has 0 aliphatic carbocycles. The first-order valence-electron chi connectivity index (χ1n) is 5.92. The lowest BCUT2D eigenvalue weighted by molar-refractivity contribution is 0.253. The van der Waals surface area contributed by atoms with E-state index in [-0.39, 0.29) is 5.82 Å². The number of nitrogens with one attached hydrogen (secondary N) is 1. The molecule has 3 heteroatoms. The fraction of sp³-hybridized carbons (Fsp3) is 0.538. The molecule has 88 valence electrons. The van der Waals surface area contributed by atoms with Crippen LogP contribution in [-0.4, -0.2) is 31.1 Å². The van der Waals surface area contributed by atoms with E-state index in [0.717, 1.165) is 38.3 Å². The smallest absolute Gasteiger partial charge is 0.127 e. The zero-order valence-corrected chi connectivity index (χ0v) is 9.75. The SMILES string of the molecule is CC1CNCCN(Cc2ccccc2F)C1. The van der Waals surface area contributed by atoms with E-state index >= 15 is 0 Å². The minimum Gasteiger partial charge on any atom is -0.315 e. The molecule has 1 atom stereocenters. The molecular weight excluding hydrogens is 203 g/mol. The molecule has 0 amide bonds. The van der Waals surface area contributed by atoms with Crippen molar-refractivity contribution in [2.24, 2.45) is 5.92 Å². The van der Waals surface area contributed by atoms with Gasteiger partial charge in [0.25, 0.3) is 0 Å². The summed E-state index contributed by atoms with van der Waals surface area (Å²) in [5.41, 5.74) is 0.802. The summed E-state index contributed by atoms with van der Waals surface area (Å²) in [4.78, 5) is 2.32. The Morgan fingerprint density at radius 3 is 3.06 bits per heavy atom. The summed E-state index contributed by atoms with van der Waals surface area (Å²) in [5, 5.41) is 3.39. The lowest BCUT2D eigenvalue weighted by Crippen LogP contribution is -2.29. The first-order valence-corrected chi connectivity index (χ1v) is 5.92. The Morgan fingerprint density at radius 2 is 2.25 bits per heavy atom. The van der Waals surface area contributed by atoms with E-state index in [1.54, 1.807) is 6.07 Å². The minimum atomic E-state index is -0.0904. The molecule has 2 rings (SSSR count). The van der Waals surface area contributed by atoms with Gasteiger partial charge in [-0.2, -0.15) is 0 Å². The van der Waals surface area contributed by atoms with E-state index in [2.05, 4.69) is 17.1 Å². The van der Waals surface area contributed by atoms with E-state index in [1.165, 1.54) is 6.07 Å². The summed E-state index contributed by atoms with van der Waals surface area (Å²) in [5.74, 6) is 0.543. The Balaban J connectivity index is 2.00. The van der Waals surface area contributed by atoms with Crippen molar-refractivity contribution < 1.29 is 4.39 Å². The number of benzene rings is 1. The van der Waals surface area contributed by atoms with Crippen LogP contribution < -0.4 is 5.32 Å². The third-order valence-electron chi connectivity index (χ3n) is 3.02. The summed E-state index contributed by atoms with van der Waals surface area (Å²) in [6.45, 7) is 7.05. The maximum absolute atomic E-state index is 13.5. The second-order valence-electron chi connectivity index (χ2n) is 4.64. The first-order chi connectivity index (χ1) is 7.75. The average Bonchev–Trinajstić information content (AvgIpc) is 2.46. The molecule has 1 aromatic rings. The van der Waals surface area contributed by atoms with Gasteiger partial charge >= 0.3 is 0 Å². The lowest BCUT2D eigenvalue weighted by Gasteiger charge is -2.22. The quantitative estimate of drug-likeness (QED) is 0.821. The van der Waals surface area contributed by atoms with Crippen molar-refractivity contribution in [1.82, 2.24) is 10.2 Å². The van der Waals surface area contributed by atoms with E-state index in [1.807, 2.05) is 12.1 Å². The Labute approximate surface area is 96.5 Å². The molecule has 1 N–H and O–H groups in total. The predicted molar refractivity (Wildman–Crippen MR) is 63.7 cm³/mol. The second kappa shape index (κ2) is 5.41. The first kappa shape index (κ1) is 11.6. The molecule has 0 bridgehead atoms. The number of rotatable bonds is 2. The molecule has 1 heterocycles. The summed E-state index contributed by atoms with van der Waals surface area (Å²) in [6, 6.07) is 7.05. The average molecular weight is 222 g/mol. The van der Waals surface area contributed by atoms with Crippen LogP contribution in [0.3, 0.4) is 0 Å². The van der Waals surface area contributed by atoms with Crippen molar-refractivity contribution in [1.29, 1.82) is 0 Å². The largest absolute Gasteiger partial charge is 0.315 e. The molecule has 1 aliphatic rings. The fourth-order valence-electron chi connectivity index (χ4n) is 2.19. The van der Waals surface area contributed by atoms with Gasteiger partial charge in [-0.05, 0) is 18.5 Å². The topological polar surface area (TPSA) is 15.3 Å². The van der Waals surface area contributed by atoms with Crippen LogP contribution in [0, 0.1) is 11.7 Å². The van der Waals surface area contributed by atoms with Crippen LogP contribution in [0.4, 0.5) is 4.39 Å². The van der Waals surface area contributed by atoms with Gasteiger partial charge in [-0.15, -0.1) is 0 Å². The summed E-state index contributed by atoms with van der Waals surface area (Å²) < 4.78 is 13.5. The Kier molecular flexibility index (Phi) is 3.91. The van der Waals surface area contributed by atoms with Crippen LogP contribution in [0.2, 0.25) is 0 Å². The molecular formula is C13H19FN2. The van der Waals surface area contributed by atoms with Crippen molar-refractivity contribution in [3.63, 3.8) is 0 Å². The van der Waals surface area contributed by atoms with Gasteiger partial charge in [0.1, 0.15) is 5.82 Å².